The smallest absolute Gasteiger partial charge is 0.301 e. The molecule has 2 heterocycles. The van der Waals surface area contributed by atoms with Crippen molar-refractivity contribution in [2.75, 3.05) is 18.6 Å². The highest BCUT2D eigenvalue weighted by molar-refractivity contribution is 7.14. The molecule has 1 aliphatic heterocycles. The molecule has 43 heavy (non-hydrogen) atoms. The monoisotopic (exact) mass is 598 g/mol. The predicted octanol–water partition coefficient (Wildman–Crippen LogP) is 7.23. The van der Waals surface area contributed by atoms with Crippen molar-refractivity contribution < 1.29 is 28.9 Å². The highest BCUT2D eigenvalue weighted by atomic mass is 32.1. The first kappa shape index (κ1) is 29.8. The standard InChI is InChI=1S/C34H34N2O6S/c1-4-5-6-17-41-27-15-12-25(20-28(27)40-3)30-29(32(38)33(39)36(30)34-35-16-18-43-34)31(37)24-10-13-26(14-11-24)42-21-23-9-7-8-22(2)19-23/h7-16,18-20,30,37H,4-6,17,21H2,1-3H3. The molecule has 0 saturated carbocycles. The topological polar surface area (TPSA) is 98.2 Å². The van der Waals surface area contributed by atoms with E-state index in [1.807, 2.05) is 25.1 Å². The largest absolute Gasteiger partial charge is 0.507 e. The lowest BCUT2D eigenvalue weighted by Crippen LogP contribution is -2.29. The van der Waals surface area contributed by atoms with Crippen LogP contribution in [0.5, 0.6) is 17.2 Å². The Balaban J connectivity index is 1.48. The van der Waals surface area contributed by atoms with E-state index in [-0.39, 0.29) is 11.3 Å². The van der Waals surface area contributed by atoms with Gasteiger partial charge in [0.2, 0.25) is 0 Å². The molecule has 0 aliphatic carbocycles. The fourth-order valence-corrected chi connectivity index (χ4v) is 5.69. The van der Waals surface area contributed by atoms with Crippen LogP contribution < -0.4 is 19.1 Å². The molecule has 9 heteroatoms. The van der Waals surface area contributed by atoms with Gasteiger partial charge in [-0.2, -0.15) is 0 Å². The summed E-state index contributed by atoms with van der Waals surface area (Å²) in [7, 11) is 1.54. The number of carbonyl (C=O) groups excluding carboxylic acids is 2. The maximum atomic E-state index is 13.5. The quantitative estimate of drug-likeness (QED) is 0.0795. The van der Waals surface area contributed by atoms with Crippen LogP contribution in [0.4, 0.5) is 5.13 Å². The summed E-state index contributed by atoms with van der Waals surface area (Å²) in [6, 6.07) is 19.2. The van der Waals surface area contributed by atoms with Crippen molar-refractivity contribution in [1.29, 1.82) is 0 Å². The lowest BCUT2D eigenvalue weighted by atomic mass is 9.95. The van der Waals surface area contributed by atoms with Crippen LogP contribution in [0.2, 0.25) is 0 Å². The molecule has 3 aromatic carbocycles. The Morgan fingerprint density at radius 2 is 1.81 bits per heavy atom. The Hall–Kier alpha value is -4.63. The second-order valence-corrected chi connectivity index (χ2v) is 11.1. The average Bonchev–Trinajstić information content (AvgIpc) is 3.64. The highest BCUT2D eigenvalue weighted by Crippen LogP contribution is 2.44. The third-order valence-electron chi connectivity index (χ3n) is 7.19. The normalized spacial score (nSPS) is 16.0. The van der Waals surface area contributed by atoms with E-state index in [9.17, 15) is 14.7 Å². The van der Waals surface area contributed by atoms with E-state index in [1.54, 1.807) is 61.2 Å². The van der Waals surface area contributed by atoms with Gasteiger partial charge in [0.05, 0.1) is 25.3 Å². The summed E-state index contributed by atoms with van der Waals surface area (Å²) >= 11 is 1.23. The molecule has 1 atom stereocenters. The van der Waals surface area contributed by atoms with Gasteiger partial charge < -0.3 is 19.3 Å². The summed E-state index contributed by atoms with van der Waals surface area (Å²) < 4.78 is 17.5. The Morgan fingerprint density at radius 3 is 2.51 bits per heavy atom. The van der Waals surface area contributed by atoms with Crippen LogP contribution in [-0.2, 0) is 16.2 Å². The van der Waals surface area contributed by atoms with E-state index < -0.39 is 17.7 Å². The number of ketones is 1. The summed E-state index contributed by atoms with van der Waals surface area (Å²) in [5.74, 6) is -0.206. The van der Waals surface area contributed by atoms with Gasteiger partial charge in [0.25, 0.3) is 5.78 Å². The van der Waals surface area contributed by atoms with Gasteiger partial charge in [0, 0.05) is 17.1 Å². The minimum Gasteiger partial charge on any atom is -0.507 e. The second-order valence-electron chi connectivity index (χ2n) is 10.3. The van der Waals surface area contributed by atoms with Crippen LogP contribution in [0.1, 0.15) is 54.5 Å². The number of amides is 1. The molecular formula is C34H34N2O6S. The first-order valence-corrected chi connectivity index (χ1v) is 15.1. The zero-order valence-electron chi connectivity index (χ0n) is 24.4. The fourth-order valence-electron chi connectivity index (χ4n) is 5.02. The molecule has 1 aromatic heterocycles. The highest BCUT2D eigenvalue weighted by Gasteiger charge is 2.48. The van der Waals surface area contributed by atoms with Crippen LogP contribution in [0.15, 0.2) is 83.9 Å². The number of aryl methyl sites for hydroxylation is 1. The third kappa shape index (κ3) is 6.57. The van der Waals surface area contributed by atoms with Crippen molar-refractivity contribution in [3.8, 4) is 17.2 Å². The number of ether oxygens (including phenoxy) is 3. The Labute approximate surface area is 255 Å². The number of methoxy groups -OCH3 is 1. The van der Waals surface area contributed by atoms with E-state index in [0.717, 1.165) is 30.4 Å². The van der Waals surface area contributed by atoms with Gasteiger partial charge in [-0.1, -0.05) is 55.7 Å². The number of nitrogens with zero attached hydrogens (tertiary/aromatic N) is 2. The first-order valence-electron chi connectivity index (χ1n) is 14.2. The zero-order chi connectivity index (χ0) is 30.3. The molecule has 222 valence electrons. The summed E-state index contributed by atoms with van der Waals surface area (Å²) in [5.41, 5.74) is 3.12. The molecule has 4 aromatic rings. The number of aromatic nitrogens is 1. The van der Waals surface area contributed by atoms with Gasteiger partial charge in [0.15, 0.2) is 16.6 Å². The van der Waals surface area contributed by atoms with Gasteiger partial charge in [0.1, 0.15) is 18.1 Å². The molecule has 0 spiro atoms. The molecule has 0 bridgehead atoms. The number of anilines is 1. The lowest BCUT2D eigenvalue weighted by Gasteiger charge is -2.24. The van der Waals surface area contributed by atoms with Crippen LogP contribution in [0, 0.1) is 6.92 Å². The van der Waals surface area contributed by atoms with Crippen molar-refractivity contribution in [3.63, 3.8) is 0 Å². The number of unbranched alkanes of at least 4 members (excludes halogenated alkanes) is 2. The number of carbonyl (C=O) groups is 2. The van der Waals surface area contributed by atoms with Gasteiger partial charge in [-0.3, -0.25) is 14.5 Å². The number of Topliss-reactive ketones (excluding diaryl/α,β-unsaturated/α-hetero) is 1. The number of rotatable bonds is 12. The van der Waals surface area contributed by atoms with Crippen LogP contribution >= 0.6 is 11.3 Å². The number of aliphatic hydroxyl groups excluding tert-OH is 1. The predicted molar refractivity (Wildman–Crippen MR) is 167 cm³/mol. The molecule has 8 nitrogen and oxygen atoms in total. The molecule has 1 saturated heterocycles. The Bertz CT molecular complexity index is 1610. The SMILES string of the molecule is CCCCCOc1ccc(C2C(=C(O)c3ccc(OCc4cccc(C)c4)cc3)C(=O)C(=O)N2c2nccs2)cc1OC. The van der Waals surface area contributed by atoms with E-state index >= 15 is 0 Å². The van der Waals surface area contributed by atoms with Crippen molar-refractivity contribution in [3.05, 3.63) is 106 Å². The van der Waals surface area contributed by atoms with E-state index in [0.29, 0.717) is 46.7 Å². The van der Waals surface area contributed by atoms with Crippen LogP contribution in [-0.4, -0.2) is 35.5 Å². The average molecular weight is 599 g/mol. The summed E-state index contributed by atoms with van der Waals surface area (Å²) in [6.45, 7) is 5.10. The summed E-state index contributed by atoms with van der Waals surface area (Å²) in [6.07, 6.45) is 4.63. The molecule has 1 aliphatic rings. The summed E-state index contributed by atoms with van der Waals surface area (Å²) in [4.78, 5) is 32.5. The number of thiazole rings is 1. The lowest BCUT2D eigenvalue weighted by molar-refractivity contribution is -0.132. The molecule has 5 rings (SSSR count). The van der Waals surface area contributed by atoms with Crippen molar-refractivity contribution in [1.82, 2.24) is 4.98 Å². The number of aliphatic hydroxyl groups is 1. The number of hydrogen-bond donors (Lipinski definition) is 1. The van der Waals surface area contributed by atoms with Gasteiger partial charge in [-0.15, -0.1) is 11.3 Å². The molecule has 0 radical (unpaired) electrons. The van der Waals surface area contributed by atoms with Crippen molar-refractivity contribution >= 4 is 33.9 Å². The maximum Gasteiger partial charge on any atom is 0.301 e. The molecule has 1 fully saturated rings. The van der Waals surface area contributed by atoms with Crippen LogP contribution in [0.3, 0.4) is 0 Å². The Kier molecular flexibility index (Phi) is 9.41. The molecule has 1 amide bonds. The van der Waals surface area contributed by atoms with Gasteiger partial charge in [-0.25, -0.2) is 4.98 Å². The summed E-state index contributed by atoms with van der Waals surface area (Å²) in [5, 5.41) is 13.6. The first-order chi connectivity index (χ1) is 20.9. The maximum absolute atomic E-state index is 13.5. The molecule has 1 N–H and O–H groups in total. The van der Waals surface area contributed by atoms with Gasteiger partial charge in [-0.05, 0) is 60.9 Å². The zero-order valence-corrected chi connectivity index (χ0v) is 25.2. The van der Waals surface area contributed by atoms with E-state index in [2.05, 4.69) is 18.0 Å². The minimum atomic E-state index is -0.925. The number of hydrogen-bond acceptors (Lipinski definition) is 8. The number of benzene rings is 3. The second kappa shape index (κ2) is 13.6. The Morgan fingerprint density at radius 1 is 1.00 bits per heavy atom. The van der Waals surface area contributed by atoms with E-state index in [1.165, 1.54) is 16.2 Å². The third-order valence-corrected chi connectivity index (χ3v) is 7.97. The van der Waals surface area contributed by atoms with Crippen LogP contribution in [0.25, 0.3) is 5.76 Å². The molecule has 1 unspecified atom stereocenters. The van der Waals surface area contributed by atoms with Crippen molar-refractivity contribution in [2.45, 2.75) is 45.8 Å². The minimum absolute atomic E-state index is 0.0349. The molecular weight excluding hydrogens is 564 g/mol. The van der Waals surface area contributed by atoms with Crippen molar-refractivity contribution in [2.24, 2.45) is 0 Å². The van der Waals surface area contributed by atoms with E-state index in [4.69, 9.17) is 14.2 Å². The van der Waals surface area contributed by atoms with Gasteiger partial charge >= 0.3 is 5.91 Å². The fraction of sp³-hybridized carbons (Fsp3) is 0.265.